The Balaban J connectivity index is 1.23. The molecule has 3 heteroatoms. The summed E-state index contributed by atoms with van der Waals surface area (Å²) in [7, 11) is 0. The Kier molecular flexibility index (Phi) is 4.84. The van der Waals surface area contributed by atoms with E-state index in [0.717, 1.165) is 71.4 Å². The van der Waals surface area contributed by atoms with Crippen molar-refractivity contribution in [3.8, 4) is 22.3 Å². The van der Waals surface area contributed by atoms with Crippen molar-refractivity contribution < 1.29 is 13.3 Å². The number of para-hydroxylation sites is 2. The molecule has 0 saturated heterocycles. The number of furan rings is 3. The molecule has 0 bridgehead atoms. The second-order valence-corrected chi connectivity index (χ2v) is 12.4. The first-order valence-electron chi connectivity index (χ1n) is 15.9. The topological polar surface area (TPSA) is 39.4 Å². The molecular formula is C44H24O3. The molecule has 3 heterocycles. The Bertz CT molecular complexity index is 3020. The van der Waals surface area contributed by atoms with E-state index in [9.17, 15) is 0 Å². The third-order valence-electron chi connectivity index (χ3n) is 9.90. The van der Waals surface area contributed by atoms with Crippen molar-refractivity contribution in [3.05, 3.63) is 146 Å². The van der Waals surface area contributed by atoms with Gasteiger partial charge in [-0.25, -0.2) is 0 Å². The van der Waals surface area contributed by atoms with Gasteiger partial charge in [0.25, 0.3) is 0 Å². The van der Waals surface area contributed by atoms with Gasteiger partial charge >= 0.3 is 0 Å². The zero-order chi connectivity index (χ0) is 30.6. The molecule has 0 amide bonds. The van der Waals surface area contributed by atoms with Gasteiger partial charge in [0.05, 0.1) is 6.26 Å². The minimum absolute atomic E-state index is 0.861. The second kappa shape index (κ2) is 9.12. The van der Waals surface area contributed by atoms with Gasteiger partial charge in [-0.05, 0) is 85.9 Å². The summed E-state index contributed by atoms with van der Waals surface area (Å²) in [5, 5.41) is 12.6. The van der Waals surface area contributed by atoms with Crippen LogP contribution in [0.4, 0.5) is 0 Å². The van der Waals surface area contributed by atoms with Crippen molar-refractivity contribution in [3.63, 3.8) is 0 Å². The lowest BCUT2D eigenvalue weighted by atomic mass is 9.85. The summed E-state index contributed by atoms with van der Waals surface area (Å²) in [5.74, 6) is 0. The monoisotopic (exact) mass is 600 g/mol. The zero-order valence-electron chi connectivity index (χ0n) is 25.1. The SMILES string of the molecule is c1ccc2c(c1)oc1cc3ccc(-c4c5ccccc5c(-c5cc6oc7ccccc7c6c6ccoc56)c5ccccc45)cc3cc12. The van der Waals surface area contributed by atoms with Gasteiger partial charge in [-0.2, -0.15) is 0 Å². The van der Waals surface area contributed by atoms with Gasteiger partial charge in [0.1, 0.15) is 27.9 Å². The molecule has 47 heavy (non-hydrogen) atoms. The van der Waals surface area contributed by atoms with Crippen molar-refractivity contribution in [1.29, 1.82) is 0 Å². The lowest BCUT2D eigenvalue weighted by Crippen LogP contribution is -1.91. The largest absolute Gasteiger partial charge is 0.464 e. The van der Waals surface area contributed by atoms with Crippen molar-refractivity contribution in [2.75, 3.05) is 0 Å². The zero-order valence-corrected chi connectivity index (χ0v) is 25.1. The third-order valence-corrected chi connectivity index (χ3v) is 9.90. The highest BCUT2D eigenvalue weighted by Gasteiger charge is 2.22. The minimum Gasteiger partial charge on any atom is -0.464 e. The summed E-state index contributed by atoms with van der Waals surface area (Å²) < 4.78 is 19.0. The van der Waals surface area contributed by atoms with E-state index in [1.54, 1.807) is 6.26 Å². The first kappa shape index (κ1) is 24.9. The van der Waals surface area contributed by atoms with E-state index in [0.29, 0.717) is 0 Å². The van der Waals surface area contributed by atoms with E-state index in [-0.39, 0.29) is 0 Å². The molecule has 3 nitrogen and oxygen atoms in total. The smallest absolute Gasteiger partial charge is 0.142 e. The highest BCUT2D eigenvalue weighted by Crippen LogP contribution is 2.48. The molecule has 11 aromatic rings. The summed E-state index contributed by atoms with van der Waals surface area (Å²) in [6, 6.07) is 49.5. The van der Waals surface area contributed by atoms with Crippen molar-refractivity contribution >= 4 is 87.2 Å². The fourth-order valence-corrected chi connectivity index (χ4v) is 7.89. The normalized spacial score (nSPS) is 12.3. The van der Waals surface area contributed by atoms with Gasteiger partial charge in [-0.15, -0.1) is 0 Å². The molecule has 218 valence electrons. The molecule has 0 N–H and O–H groups in total. The van der Waals surface area contributed by atoms with E-state index in [1.807, 2.05) is 24.3 Å². The summed E-state index contributed by atoms with van der Waals surface area (Å²) in [6.07, 6.45) is 1.80. The first-order valence-corrected chi connectivity index (χ1v) is 15.9. The molecule has 0 saturated carbocycles. The maximum Gasteiger partial charge on any atom is 0.142 e. The molecule has 0 aliphatic heterocycles. The van der Waals surface area contributed by atoms with Crippen LogP contribution >= 0.6 is 0 Å². The summed E-state index contributed by atoms with van der Waals surface area (Å²) in [6.45, 7) is 0. The van der Waals surface area contributed by atoms with Crippen LogP contribution in [0.15, 0.2) is 159 Å². The molecule has 8 aromatic carbocycles. The highest BCUT2D eigenvalue weighted by molar-refractivity contribution is 6.27. The molecular weight excluding hydrogens is 576 g/mol. The Morgan fingerprint density at radius 1 is 0.362 bits per heavy atom. The van der Waals surface area contributed by atoms with E-state index >= 15 is 0 Å². The molecule has 11 rings (SSSR count). The molecule has 0 aliphatic rings. The standard InChI is InChI=1S/C44H24O3/c1-3-12-31-29(10-1)41(26-18-17-25-23-39-35(22-27(25)21-26)28-9-5-7-15-37(28)46-39)30-11-2-4-13-32(30)42(31)36-24-40-43(34-19-20-45-44(34)36)33-14-6-8-16-38(33)47-40/h1-24H. The van der Waals surface area contributed by atoms with Crippen molar-refractivity contribution in [2.45, 2.75) is 0 Å². The molecule has 0 aliphatic carbocycles. The predicted octanol–water partition coefficient (Wildman–Crippen LogP) is 13.0. The first-order chi connectivity index (χ1) is 23.3. The number of benzene rings is 8. The Labute approximate surface area is 267 Å². The Hall–Kier alpha value is -6.32. The van der Waals surface area contributed by atoms with Crippen molar-refractivity contribution in [1.82, 2.24) is 0 Å². The second-order valence-electron chi connectivity index (χ2n) is 12.4. The van der Waals surface area contributed by atoms with Crippen LogP contribution in [0.25, 0.3) is 109 Å². The predicted molar refractivity (Wildman–Crippen MR) is 194 cm³/mol. The van der Waals surface area contributed by atoms with Crippen LogP contribution in [0, 0.1) is 0 Å². The van der Waals surface area contributed by atoms with Crippen LogP contribution in [0.3, 0.4) is 0 Å². The lowest BCUT2D eigenvalue weighted by Gasteiger charge is -2.18. The van der Waals surface area contributed by atoms with Crippen LogP contribution in [-0.4, -0.2) is 0 Å². The van der Waals surface area contributed by atoms with Crippen LogP contribution in [0.2, 0.25) is 0 Å². The maximum absolute atomic E-state index is 6.45. The van der Waals surface area contributed by atoms with Gasteiger partial charge in [-0.3, -0.25) is 0 Å². The Morgan fingerprint density at radius 2 is 0.979 bits per heavy atom. The van der Waals surface area contributed by atoms with Gasteiger partial charge in [-0.1, -0.05) is 97.1 Å². The van der Waals surface area contributed by atoms with Gasteiger partial charge in [0, 0.05) is 38.1 Å². The van der Waals surface area contributed by atoms with Crippen molar-refractivity contribution in [2.24, 2.45) is 0 Å². The maximum atomic E-state index is 6.45. The number of fused-ring (bicyclic) bond motifs is 11. The van der Waals surface area contributed by atoms with E-state index in [4.69, 9.17) is 13.3 Å². The van der Waals surface area contributed by atoms with E-state index in [2.05, 4.69) is 115 Å². The van der Waals surface area contributed by atoms with Crippen LogP contribution in [0.5, 0.6) is 0 Å². The average molecular weight is 601 g/mol. The molecule has 0 spiro atoms. The third kappa shape index (κ3) is 3.40. The number of hydrogen-bond donors (Lipinski definition) is 0. The lowest BCUT2D eigenvalue weighted by molar-refractivity contribution is 0.616. The Morgan fingerprint density at radius 3 is 1.72 bits per heavy atom. The van der Waals surface area contributed by atoms with Gasteiger partial charge in [0.15, 0.2) is 0 Å². The highest BCUT2D eigenvalue weighted by atomic mass is 16.3. The summed E-state index contributed by atoms with van der Waals surface area (Å²) in [4.78, 5) is 0. The summed E-state index contributed by atoms with van der Waals surface area (Å²) in [5.41, 5.74) is 9.02. The quantitative estimate of drug-likeness (QED) is 0.185. The minimum atomic E-state index is 0.861. The van der Waals surface area contributed by atoms with E-state index in [1.165, 1.54) is 38.1 Å². The van der Waals surface area contributed by atoms with E-state index < -0.39 is 0 Å². The molecule has 0 radical (unpaired) electrons. The molecule has 3 aromatic heterocycles. The van der Waals surface area contributed by atoms with Crippen LogP contribution in [0.1, 0.15) is 0 Å². The average Bonchev–Trinajstić information content (AvgIpc) is 3.84. The summed E-state index contributed by atoms with van der Waals surface area (Å²) >= 11 is 0. The fraction of sp³-hybridized carbons (Fsp3) is 0. The van der Waals surface area contributed by atoms with Crippen LogP contribution in [-0.2, 0) is 0 Å². The van der Waals surface area contributed by atoms with Gasteiger partial charge in [0.2, 0.25) is 0 Å². The molecule has 0 fully saturated rings. The number of rotatable bonds is 2. The van der Waals surface area contributed by atoms with Crippen LogP contribution < -0.4 is 0 Å². The number of hydrogen-bond acceptors (Lipinski definition) is 3. The molecule has 0 unspecified atom stereocenters. The van der Waals surface area contributed by atoms with Gasteiger partial charge < -0.3 is 13.3 Å². The molecule has 0 atom stereocenters. The fourth-order valence-electron chi connectivity index (χ4n) is 7.89.